The Kier molecular flexibility index (Phi) is 5.20. The lowest BCUT2D eigenvalue weighted by Crippen LogP contribution is -2.43. The van der Waals surface area contributed by atoms with Gasteiger partial charge < -0.3 is 15.0 Å². The highest BCUT2D eigenvalue weighted by Crippen LogP contribution is 2.15. The minimum Gasteiger partial charge on any atom is -0.481 e. The van der Waals surface area contributed by atoms with E-state index >= 15 is 0 Å². The lowest BCUT2D eigenvalue weighted by atomic mass is 9.98. The van der Waals surface area contributed by atoms with Crippen molar-refractivity contribution in [2.24, 2.45) is 0 Å². The molecule has 0 saturated carbocycles. The maximum Gasteiger partial charge on any atom is 0.303 e. The number of nitrogens with zero attached hydrogens (tertiary/aromatic N) is 2. The molecule has 0 aliphatic carbocycles. The average Bonchev–Trinajstić information content (AvgIpc) is 2.95. The summed E-state index contributed by atoms with van der Waals surface area (Å²) in [6.07, 6.45) is 3.57. The number of carboxylic acid groups (broad SMARTS) is 1. The van der Waals surface area contributed by atoms with Crippen molar-refractivity contribution in [3.05, 3.63) is 47.0 Å². The van der Waals surface area contributed by atoms with E-state index < -0.39 is 11.5 Å². The zero-order chi connectivity index (χ0) is 17.0. The third-order valence-corrected chi connectivity index (χ3v) is 3.88. The Morgan fingerprint density at radius 2 is 1.96 bits per heavy atom. The van der Waals surface area contributed by atoms with Gasteiger partial charge in [0.05, 0.1) is 0 Å². The van der Waals surface area contributed by atoms with Crippen molar-refractivity contribution in [2.45, 2.75) is 32.2 Å². The second-order valence-electron chi connectivity index (χ2n) is 5.87. The number of aromatic nitrogens is 2. The number of carbonyl (C=O) groups excluding carboxylic acids is 1. The Balaban J connectivity index is 2.06. The minimum atomic E-state index is -0.883. The van der Waals surface area contributed by atoms with E-state index in [0.717, 1.165) is 10.2 Å². The molecule has 0 radical (unpaired) electrons. The SMILES string of the molecule is CC(C)(CCC(=O)O)NC(=O)c1cn(-c2ccc(Br)cc2)cn1. The van der Waals surface area contributed by atoms with Gasteiger partial charge in [0.1, 0.15) is 12.0 Å². The molecule has 0 aliphatic heterocycles. The highest BCUT2D eigenvalue weighted by molar-refractivity contribution is 9.10. The quantitative estimate of drug-likeness (QED) is 0.807. The molecule has 0 fully saturated rings. The van der Waals surface area contributed by atoms with Gasteiger partial charge in [-0.15, -0.1) is 0 Å². The number of carboxylic acids is 1. The fraction of sp³-hybridized carbons (Fsp3) is 0.312. The maximum absolute atomic E-state index is 12.3. The summed E-state index contributed by atoms with van der Waals surface area (Å²) in [5.41, 5.74) is 0.567. The molecule has 1 aromatic heterocycles. The summed E-state index contributed by atoms with van der Waals surface area (Å²) < 4.78 is 2.73. The highest BCUT2D eigenvalue weighted by atomic mass is 79.9. The zero-order valence-electron chi connectivity index (χ0n) is 12.9. The molecule has 0 atom stereocenters. The molecule has 0 spiro atoms. The molecular weight excluding hydrogens is 362 g/mol. The molecule has 0 aliphatic rings. The van der Waals surface area contributed by atoms with E-state index in [4.69, 9.17) is 5.11 Å². The molecule has 1 amide bonds. The van der Waals surface area contributed by atoms with Gasteiger partial charge in [-0.2, -0.15) is 0 Å². The van der Waals surface area contributed by atoms with Gasteiger partial charge >= 0.3 is 5.97 Å². The van der Waals surface area contributed by atoms with Crippen LogP contribution in [0, 0.1) is 0 Å². The van der Waals surface area contributed by atoms with E-state index in [9.17, 15) is 9.59 Å². The molecule has 0 unspecified atom stereocenters. The van der Waals surface area contributed by atoms with Crippen molar-refractivity contribution >= 4 is 27.8 Å². The predicted octanol–water partition coefficient (Wildman–Crippen LogP) is 3.01. The molecule has 2 rings (SSSR count). The summed E-state index contributed by atoms with van der Waals surface area (Å²) in [6.45, 7) is 3.58. The summed E-state index contributed by atoms with van der Waals surface area (Å²) in [6, 6.07) is 7.63. The van der Waals surface area contributed by atoms with Crippen molar-refractivity contribution in [3.63, 3.8) is 0 Å². The van der Waals surface area contributed by atoms with E-state index in [1.807, 2.05) is 24.3 Å². The molecule has 6 nitrogen and oxygen atoms in total. The number of aliphatic carboxylic acids is 1. The van der Waals surface area contributed by atoms with Gasteiger partial charge in [-0.25, -0.2) is 4.98 Å². The van der Waals surface area contributed by atoms with Crippen LogP contribution in [0.2, 0.25) is 0 Å². The van der Waals surface area contributed by atoms with Crippen molar-refractivity contribution in [1.29, 1.82) is 0 Å². The van der Waals surface area contributed by atoms with E-state index in [1.54, 1.807) is 30.9 Å². The van der Waals surface area contributed by atoms with Crippen molar-refractivity contribution < 1.29 is 14.7 Å². The summed E-state index contributed by atoms with van der Waals surface area (Å²) in [5.74, 6) is -1.21. The Hall–Kier alpha value is -2.15. The number of rotatable bonds is 6. The first-order valence-corrected chi connectivity index (χ1v) is 7.90. The van der Waals surface area contributed by atoms with Gasteiger partial charge in [0.25, 0.3) is 5.91 Å². The lowest BCUT2D eigenvalue weighted by Gasteiger charge is -2.25. The van der Waals surface area contributed by atoms with E-state index in [2.05, 4.69) is 26.2 Å². The number of halogens is 1. The minimum absolute atomic E-state index is 0.000609. The standard InChI is InChI=1S/C16H18BrN3O3/c1-16(2,8-7-14(21)22)19-15(23)13-9-20(10-18-13)12-5-3-11(17)4-6-12/h3-6,9-10H,7-8H2,1-2H3,(H,19,23)(H,21,22). The summed E-state index contributed by atoms with van der Waals surface area (Å²) in [7, 11) is 0. The zero-order valence-corrected chi connectivity index (χ0v) is 14.5. The first-order valence-electron chi connectivity index (χ1n) is 7.11. The summed E-state index contributed by atoms with van der Waals surface area (Å²) >= 11 is 3.37. The van der Waals surface area contributed by atoms with E-state index in [-0.39, 0.29) is 18.0 Å². The van der Waals surface area contributed by atoms with Gasteiger partial charge in [0.15, 0.2) is 0 Å². The Bertz CT molecular complexity index is 708. The van der Waals surface area contributed by atoms with Crippen LogP contribution in [0.4, 0.5) is 0 Å². The maximum atomic E-state index is 12.3. The molecule has 1 aromatic carbocycles. The molecule has 2 N–H and O–H groups in total. The average molecular weight is 380 g/mol. The number of hydrogen-bond donors (Lipinski definition) is 2. The molecule has 0 bridgehead atoms. The van der Waals surface area contributed by atoms with Crippen LogP contribution in [0.1, 0.15) is 37.2 Å². The Morgan fingerprint density at radius 3 is 2.57 bits per heavy atom. The molecular formula is C16H18BrN3O3. The Morgan fingerprint density at radius 1 is 1.30 bits per heavy atom. The van der Waals surface area contributed by atoms with Crippen LogP contribution in [-0.4, -0.2) is 32.1 Å². The van der Waals surface area contributed by atoms with E-state index in [0.29, 0.717) is 6.42 Å². The van der Waals surface area contributed by atoms with Gasteiger partial charge in [-0.3, -0.25) is 9.59 Å². The summed E-state index contributed by atoms with van der Waals surface area (Å²) in [5, 5.41) is 11.6. The second-order valence-corrected chi connectivity index (χ2v) is 6.79. The van der Waals surface area contributed by atoms with Crippen LogP contribution in [-0.2, 0) is 4.79 Å². The molecule has 23 heavy (non-hydrogen) atoms. The molecule has 122 valence electrons. The molecule has 7 heteroatoms. The van der Waals surface area contributed by atoms with Crippen molar-refractivity contribution in [2.75, 3.05) is 0 Å². The largest absolute Gasteiger partial charge is 0.481 e. The molecule has 1 heterocycles. The first kappa shape index (κ1) is 17.2. The number of amides is 1. The summed E-state index contributed by atoms with van der Waals surface area (Å²) in [4.78, 5) is 27.0. The Labute approximate surface area is 142 Å². The van der Waals surface area contributed by atoms with Crippen LogP contribution < -0.4 is 5.32 Å². The predicted molar refractivity (Wildman–Crippen MR) is 89.7 cm³/mol. The number of hydrogen-bond acceptors (Lipinski definition) is 3. The third-order valence-electron chi connectivity index (χ3n) is 3.36. The highest BCUT2D eigenvalue weighted by Gasteiger charge is 2.23. The number of nitrogens with one attached hydrogen (secondary N) is 1. The first-order chi connectivity index (χ1) is 10.8. The van der Waals surface area contributed by atoms with Gasteiger partial charge in [-0.05, 0) is 44.5 Å². The molecule has 2 aromatic rings. The van der Waals surface area contributed by atoms with Crippen LogP contribution >= 0.6 is 15.9 Å². The number of imidazole rings is 1. The monoisotopic (exact) mass is 379 g/mol. The topological polar surface area (TPSA) is 84.2 Å². The molecule has 0 saturated heterocycles. The fourth-order valence-electron chi connectivity index (χ4n) is 2.05. The van der Waals surface area contributed by atoms with Gasteiger partial charge in [-0.1, -0.05) is 15.9 Å². The van der Waals surface area contributed by atoms with Crippen molar-refractivity contribution in [3.8, 4) is 5.69 Å². The lowest BCUT2D eigenvalue weighted by molar-refractivity contribution is -0.137. The number of carbonyl (C=O) groups is 2. The van der Waals surface area contributed by atoms with E-state index in [1.165, 1.54) is 0 Å². The van der Waals surface area contributed by atoms with Crippen LogP contribution in [0.15, 0.2) is 41.3 Å². The fourth-order valence-corrected chi connectivity index (χ4v) is 2.31. The third kappa shape index (κ3) is 4.92. The second kappa shape index (κ2) is 6.95. The number of benzene rings is 1. The van der Waals surface area contributed by atoms with Crippen LogP contribution in [0.3, 0.4) is 0 Å². The van der Waals surface area contributed by atoms with Crippen LogP contribution in [0.25, 0.3) is 5.69 Å². The van der Waals surface area contributed by atoms with Gasteiger partial charge in [0, 0.05) is 28.3 Å². The van der Waals surface area contributed by atoms with Crippen molar-refractivity contribution in [1.82, 2.24) is 14.9 Å². The normalized spacial score (nSPS) is 11.3. The van der Waals surface area contributed by atoms with Gasteiger partial charge in [0.2, 0.25) is 0 Å². The smallest absolute Gasteiger partial charge is 0.303 e. The van der Waals surface area contributed by atoms with Crippen LogP contribution in [0.5, 0.6) is 0 Å².